The predicted molar refractivity (Wildman–Crippen MR) is 98.8 cm³/mol. The summed E-state index contributed by atoms with van der Waals surface area (Å²) in [4.78, 5) is 19.3. The Labute approximate surface area is 153 Å². The number of carbonyl (C=O) groups is 1. The molecular weight excluding hydrogens is 354 g/mol. The van der Waals surface area contributed by atoms with Gasteiger partial charge in [0.15, 0.2) is 0 Å². The van der Waals surface area contributed by atoms with Gasteiger partial charge in [-0.15, -0.1) is 16.4 Å². The van der Waals surface area contributed by atoms with Crippen molar-refractivity contribution in [3.05, 3.63) is 58.2 Å². The molecule has 1 fully saturated rings. The smallest absolute Gasteiger partial charge is 0.256 e. The van der Waals surface area contributed by atoms with Crippen LogP contribution in [-0.2, 0) is 6.54 Å². The predicted octanol–water partition coefficient (Wildman–Crippen LogP) is 3.58. The molecule has 0 aliphatic carbocycles. The van der Waals surface area contributed by atoms with E-state index in [-0.39, 0.29) is 5.91 Å². The summed E-state index contributed by atoms with van der Waals surface area (Å²) in [6, 6.07) is 8.18. The summed E-state index contributed by atoms with van der Waals surface area (Å²) in [6.45, 7) is 1.89. The van der Waals surface area contributed by atoms with Crippen molar-refractivity contribution in [3.63, 3.8) is 0 Å². The molecule has 3 aromatic rings. The molecule has 0 saturated carbocycles. The standard InChI is InChI=1S/C17H17N5OS2/c23-16(20-15-10-19-21-25-15)13-4-1-3-12(9-13)11-22-7-2-5-14(22)17-18-6-8-24-17/h1,3-4,6,8-10,14H,2,5,7,11H2,(H,20,23)/t14-/m0/s1. The first-order chi connectivity index (χ1) is 12.3. The molecule has 3 heterocycles. The summed E-state index contributed by atoms with van der Waals surface area (Å²) in [5.41, 5.74) is 1.79. The van der Waals surface area contributed by atoms with Crippen LogP contribution in [0.5, 0.6) is 0 Å². The van der Waals surface area contributed by atoms with E-state index in [1.807, 2.05) is 29.8 Å². The van der Waals surface area contributed by atoms with E-state index in [9.17, 15) is 4.79 Å². The number of hydrogen-bond donors (Lipinski definition) is 1. The second-order valence-corrected chi connectivity index (χ2v) is 7.65. The van der Waals surface area contributed by atoms with Crippen LogP contribution in [0.1, 0.15) is 39.8 Å². The van der Waals surface area contributed by atoms with Gasteiger partial charge in [-0.1, -0.05) is 16.6 Å². The van der Waals surface area contributed by atoms with Crippen LogP contribution in [0.25, 0.3) is 0 Å². The Morgan fingerprint density at radius 2 is 2.36 bits per heavy atom. The molecule has 1 amide bonds. The zero-order chi connectivity index (χ0) is 17.1. The Balaban J connectivity index is 1.47. The van der Waals surface area contributed by atoms with Crippen molar-refractivity contribution in [1.29, 1.82) is 0 Å². The van der Waals surface area contributed by atoms with Crippen molar-refractivity contribution in [2.75, 3.05) is 11.9 Å². The quantitative estimate of drug-likeness (QED) is 0.742. The molecule has 128 valence electrons. The van der Waals surface area contributed by atoms with Crippen LogP contribution >= 0.6 is 22.9 Å². The lowest BCUT2D eigenvalue weighted by Gasteiger charge is -2.23. The molecule has 0 unspecified atom stereocenters. The van der Waals surface area contributed by atoms with E-state index in [4.69, 9.17) is 0 Å². The van der Waals surface area contributed by atoms with Crippen molar-refractivity contribution >= 4 is 33.8 Å². The van der Waals surface area contributed by atoms with Crippen molar-refractivity contribution in [2.45, 2.75) is 25.4 Å². The monoisotopic (exact) mass is 371 g/mol. The average Bonchev–Trinajstić information content (AvgIpc) is 3.37. The maximum absolute atomic E-state index is 12.4. The molecule has 4 rings (SSSR count). The summed E-state index contributed by atoms with van der Waals surface area (Å²) in [7, 11) is 0. The Bertz CT molecular complexity index is 835. The van der Waals surface area contributed by atoms with Gasteiger partial charge in [0.1, 0.15) is 10.0 Å². The minimum atomic E-state index is -0.134. The largest absolute Gasteiger partial charge is 0.311 e. The third kappa shape index (κ3) is 3.76. The summed E-state index contributed by atoms with van der Waals surface area (Å²) in [5, 5.41) is 10.4. The van der Waals surface area contributed by atoms with Crippen LogP contribution in [0.3, 0.4) is 0 Å². The fourth-order valence-corrected chi connectivity index (χ4v) is 4.37. The molecule has 0 bridgehead atoms. The third-order valence-electron chi connectivity index (χ3n) is 4.27. The first-order valence-corrected chi connectivity index (χ1v) is 9.76. The maximum Gasteiger partial charge on any atom is 0.256 e. The van der Waals surface area contributed by atoms with Gasteiger partial charge in [-0.2, -0.15) is 0 Å². The van der Waals surface area contributed by atoms with Crippen molar-refractivity contribution in [1.82, 2.24) is 19.5 Å². The highest BCUT2D eigenvalue weighted by atomic mass is 32.1. The van der Waals surface area contributed by atoms with Gasteiger partial charge in [0.05, 0.1) is 12.2 Å². The van der Waals surface area contributed by atoms with E-state index in [0.717, 1.165) is 25.1 Å². The number of anilines is 1. The fraction of sp³-hybridized carbons (Fsp3) is 0.294. The number of thiazole rings is 1. The highest BCUT2D eigenvalue weighted by Gasteiger charge is 2.27. The number of rotatable bonds is 5. The molecule has 1 aliphatic rings. The number of amides is 1. The average molecular weight is 371 g/mol. The molecule has 6 nitrogen and oxygen atoms in total. The SMILES string of the molecule is O=C(Nc1cnns1)c1cccc(CN2CCC[C@H]2c2nccs2)c1. The fourth-order valence-electron chi connectivity index (χ4n) is 3.15. The van der Waals surface area contributed by atoms with E-state index in [1.54, 1.807) is 17.5 Å². The van der Waals surface area contributed by atoms with Crippen LogP contribution in [0, 0.1) is 0 Å². The molecule has 0 radical (unpaired) electrons. The topological polar surface area (TPSA) is 71.0 Å². The summed E-state index contributed by atoms with van der Waals surface area (Å²) < 4.78 is 3.75. The molecule has 1 atom stereocenters. The van der Waals surface area contributed by atoms with Gasteiger partial charge >= 0.3 is 0 Å². The highest BCUT2D eigenvalue weighted by molar-refractivity contribution is 7.10. The van der Waals surface area contributed by atoms with E-state index in [0.29, 0.717) is 16.6 Å². The van der Waals surface area contributed by atoms with Crippen LogP contribution < -0.4 is 5.32 Å². The van der Waals surface area contributed by atoms with E-state index in [1.165, 1.54) is 23.0 Å². The van der Waals surface area contributed by atoms with Crippen LogP contribution in [-0.4, -0.2) is 31.9 Å². The van der Waals surface area contributed by atoms with Gasteiger partial charge in [0.25, 0.3) is 5.91 Å². The Hall–Kier alpha value is -2.16. The third-order valence-corrected chi connectivity index (χ3v) is 5.73. The molecule has 2 aromatic heterocycles. The van der Waals surface area contributed by atoms with Crippen molar-refractivity contribution in [3.8, 4) is 0 Å². The van der Waals surface area contributed by atoms with Crippen LogP contribution in [0.15, 0.2) is 42.0 Å². The number of hydrogen-bond acceptors (Lipinski definition) is 7. The maximum atomic E-state index is 12.4. The zero-order valence-electron chi connectivity index (χ0n) is 13.5. The normalized spacial score (nSPS) is 17.7. The number of benzene rings is 1. The van der Waals surface area contributed by atoms with Gasteiger partial charge in [0, 0.05) is 35.2 Å². The first kappa shape index (κ1) is 16.3. The number of carbonyl (C=O) groups excluding carboxylic acids is 1. The Kier molecular flexibility index (Phi) is 4.82. The number of nitrogens with one attached hydrogen (secondary N) is 1. The number of aromatic nitrogens is 3. The molecule has 1 aromatic carbocycles. The molecule has 0 spiro atoms. The molecule has 8 heteroatoms. The van der Waals surface area contributed by atoms with Gasteiger partial charge in [-0.3, -0.25) is 9.69 Å². The lowest BCUT2D eigenvalue weighted by molar-refractivity contribution is 0.102. The van der Waals surface area contributed by atoms with E-state index in [2.05, 4.69) is 30.9 Å². The summed E-state index contributed by atoms with van der Waals surface area (Å²) in [5.74, 6) is -0.134. The van der Waals surface area contributed by atoms with Gasteiger partial charge < -0.3 is 5.32 Å². The molecule has 1 saturated heterocycles. The number of nitrogens with zero attached hydrogens (tertiary/aromatic N) is 4. The summed E-state index contributed by atoms with van der Waals surface area (Å²) >= 11 is 2.89. The Morgan fingerprint density at radius 1 is 1.40 bits per heavy atom. The molecule has 1 N–H and O–H groups in total. The van der Waals surface area contributed by atoms with Crippen molar-refractivity contribution < 1.29 is 4.79 Å². The van der Waals surface area contributed by atoms with Gasteiger partial charge in [0.2, 0.25) is 0 Å². The van der Waals surface area contributed by atoms with Gasteiger partial charge in [-0.25, -0.2) is 4.98 Å². The number of likely N-dealkylation sites (tertiary alicyclic amines) is 1. The van der Waals surface area contributed by atoms with E-state index < -0.39 is 0 Å². The minimum Gasteiger partial charge on any atom is -0.311 e. The molecule has 25 heavy (non-hydrogen) atoms. The highest BCUT2D eigenvalue weighted by Crippen LogP contribution is 2.34. The minimum absolute atomic E-state index is 0.134. The van der Waals surface area contributed by atoms with E-state index >= 15 is 0 Å². The second-order valence-electron chi connectivity index (χ2n) is 5.94. The first-order valence-electron chi connectivity index (χ1n) is 8.11. The van der Waals surface area contributed by atoms with Crippen molar-refractivity contribution in [2.24, 2.45) is 0 Å². The molecular formula is C17H17N5OS2. The second kappa shape index (κ2) is 7.38. The summed E-state index contributed by atoms with van der Waals surface area (Å²) in [6.07, 6.45) is 5.75. The van der Waals surface area contributed by atoms with Crippen LogP contribution in [0.2, 0.25) is 0 Å². The zero-order valence-corrected chi connectivity index (χ0v) is 15.1. The lowest BCUT2D eigenvalue weighted by Crippen LogP contribution is -2.23. The van der Waals surface area contributed by atoms with Crippen LogP contribution in [0.4, 0.5) is 5.00 Å². The molecule has 1 aliphatic heterocycles. The lowest BCUT2D eigenvalue weighted by atomic mass is 10.1. The Morgan fingerprint density at radius 3 is 3.16 bits per heavy atom. The van der Waals surface area contributed by atoms with Gasteiger partial charge in [-0.05, 0) is 37.1 Å².